The summed E-state index contributed by atoms with van der Waals surface area (Å²) in [5.41, 5.74) is -0.293. The van der Waals surface area contributed by atoms with E-state index in [-0.39, 0.29) is 5.60 Å². The molecule has 1 saturated heterocycles. The normalized spacial score (nSPS) is 34.6. The third-order valence-electron chi connectivity index (χ3n) is 4.84. The summed E-state index contributed by atoms with van der Waals surface area (Å²) < 4.78 is 0. The van der Waals surface area contributed by atoms with Crippen LogP contribution in [0.1, 0.15) is 64.7 Å². The van der Waals surface area contributed by atoms with Gasteiger partial charge in [-0.05, 0) is 32.2 Å². The van der Waals surface area contributed by atoms with Crippen molar-refractivity contribution in [3.05, 3.63) is 0 Å². The van der Waals surface area contributed by atoms with Crippen LogP contribution in [0.5, 0.6) is 0 Å². The zero-order chi connectivity index (χ0) is 12.1. The molecule has 0 bridgehead atoms. The van der Waals surface area contributed by atoms with Crippen LogP contribution in [-0.4, -0.2) is 35.2 Å². The molecule has 2 nitrogen and oxygen atoms in total. The molecule has 2 fully saturated rings. The Bertz CT molecular complexity index is 231. The number of nitrogens with zero attached hydrogens (tertiary/aromatic N) is 1. The lowest BCUT2D eigenvalue weighted by molar-refractivity contribution is -0.0953. The van der Waals surface area contributed by atoms with Gasteiger partial charge in [0.05, 0.1) is 5.60 Å². The first-order valence-electron chi connectivity index (χ1n) is 7.69. The minimum absolute atomic E-state index is 0.293. The Hall–Kier alpha value is -0.0800. The van der Waals surface area contributed by atoms with E-state index in [2.05, 4.69) is 11.8 Å². The third kappa shape index (κ3) is 3.45. The minimum Gasteiger partial charge on any atom is -0.390 e. The first-order valence-corrected chi connectivity index (χ1v) is 7.69. The minimum atomic E-state index is -0.293. The van der Waals surface area contributed by atoms with Gasteiger partial charge in [-0.25, -0.2) is 0 Å². The van der Waals surface area contributed by atoms with Crippen molar-refractivity contribution in [3.63, 3.8) is 0 Å². The highest BCUT2D eigenvalue weighted by atomic mass is 16.3. The summed E-state index contributed by atoms with van der Waals surface area (Å²) in [5.74, 6) is 0.566. The number of hydrogen-bond donors (Lipinski definition) is 1. The highest BCUT2D eigenvalue weighted by Crippen LogP contribution is 2.39. The number of hydrogen-bond acceptors (Lipinski definition) is 2. The fraction of sp³-hybridized carbons (Fsp3) is 1.00. The van der Waals surface area contributed by atoms with Crippen LogP contribution in [0.25, 0.3) is 0 Å². The molecule has 17 heavy (non-hydrogen) atoms. The highest BCUT2D eigenvalue weighted by molar-refractivity contribution is 4.95. The van der Waals surface area contributed by atoms with Gasteiger partial charge in [0.1, 0.15) is 0 Å². The predicted octanol–water partition coefficient (Wildman–Crippen LogP) is 3.19. The quantitative estimate of drug-likeness (QED) is 0.745. The largest absolute Gasteiger partial charge is 0.390 e. The lowest BCUT2D eigenvalue weighted by atomic mass is 9.71. The van der Waals surface area contributed by atoms with Gasteiger partial charge >= 0.3 is 0 Å². The van der Waals surface area contributed by atoms with Crippen LogP contribution in [0, 0.1) is 5.92 Å². The maximum absolute atomic E-state index is 10.6. The summed E-state index contributed by atoms with van der Waals surface area (Å²) in [6.45, 7) is 5.80. The van der Waals surface area contributed by atoms with Crippen molar-refractivity contribution in [2.75, 3.05) is 19.6 Å². The average Bonchev–Trinajstić information content (AvgIpc) is 2.34. The van der Waals surface area contributed by atoms with E-state index in [1.165, 1.54) is 51.5 Å². The molecule has 1 saturated carbocycles. The maximum atomic E-state index is 10.6. The molecule has 1 heterocycles. The average molecular weight is 239 g/mol. The lowest BCUT2D eigenvalue weighted by Gasteiger charge is -2.47. The van der Waals surface area contributed by atoms with Crippen LogP contribution in [0.3, 0.4) is 0 Å². The molecule has 1 aliphatic carbocycles. The first kappa shape index (κ1) is 13.4. The second-order valence-electron chi connectivity index (χ2n) is 6.16. The summed E-state index contributed by atoms with van der Waals surface area (Å²) >= 11 is 0. The van der Waals surface area contributed by atoms with Crippen LogP contribution < -0.4 is 0 Å². The molecule has 0 aromatic heterocycles. The van der Waals surface area contributed by atoms with Crippen LogP contribution in [0.2, 0.25) is 0 Å². The molecule has 0 aromatic rings. The van der Waals surface area contributed by atoms with Crippen molar-refractivity contribution < 1.29 is 5.11 Å². The fourth-order valence-corrected chi connectivity index (χ4v) is 3.60. The van der Waals surface area contributed by atoms with E-state index in [1.54, 1.807) is 0 Å². The SMILES string of the molecule is CCCCCCN1CCC2(O)CCCCC2C1. The summed E-state index contributed by atoms with van der Waals surface area (Å²) in [7, 11) is 0. The number of aliphatic hydroxyl groups is 1. The van der Waals surface area contributed by atoms with Gasteiger partial charge in [-0.15, -0.1) is 0 Å². The van der Waals surface area contributed by atoms with Gasteiger partial charge in [-0.2, -0.15) is 0 Å². The Morgan fingerprint density at radius 1 is 1.18 bits per heavy atom. The molecule has 2 heteroatoms. The Labute approximate surface area is 106 Å². The van der Waals surface area contributed by atoms with Crippen molar-refractivity contribution in [3.8, 4) is 0 Å². The second kappa shape index (κ2) is 6.19. The van der Waals surface area contributed by atoms with E-state index in [9.17, 15) is 5.11 Å². The maximum Gasteiger partial charge on any atom is 0.0700 e. The predicted molar refractivity (Wildman–Crippen MR) is 72.1 cm³/mol. The van der Waals surface area contributed by atoms with Gasteiger partial charge in [-0.1, -0.05) is 39.0 Å². The van der Waals surface area contributed by atoms with Crippen LogP contribution in [0.15, 0.2) is 0 Å². The summed E-state index contributed by atoms with van der Waals surface area (Å²) in [6.07, 6.45) is 11.3. The number of likely N-dealkylation sites (tertiary alicyclic amines) is 1. The Kier molecular flexibility index (Phi) is 4.87. The van der Waals surface area contributed by atoms with Gasteiger partial charge in [0.15, 0.2) is 0 Å². The molecule has 0 radical (unpaired) electrons. The van der Waals surface area contributed by atoms with E-state index >= 15 is 0 Å². The Morgan fingerprint density at radius 2 is 2.06 bits per heavy atom. The number of piperidine rings is 1. The van der Waals surface area contributed by atoms with E-state index in [0.717, 1.165) is 25.9 Å². The molecular weight excluding hydrogens is 210 g/mol. The summed E-state index contributed by atoms with van der Waals surface area (Å²) in [6, 6.07) is 0. The second-order valence-corrected chi connectivity index (χ2v) is 6.16. The van der Waals surface area contributed by atoms with E-state index < -0.39 is 0 Å². The molecular formula is C15H29NO. The molecule has 0 amide bonds. The summed E-state index contributed by atoms with van der Waals surface area (Å²) in [4.78, 5) is 2.60. The van der Waals surface area contributed by atoms with E-state index in [4.69, 9.17) is 0 Å². The van der Waals surface area contributed by atoms with Crippen LogP contribution in [0.4, 0.5) is 0 Å². The zero-order valence-electron chi connectivity index (χ0n) is 11.5. The van der Waals surface area contributed by atoms with E-state index in [1.807, 2.05) is 0 Å². The molecule has 0 aromatic carbocycles. The summed E-state index contributed by atoms with van der Waals surface area (Å²) in [5, 5.41) is 10.6. The van der Waals surface area contributed by atoms with Crippen molar-refractivity contribution >= 4 is 0 Å². The van der Waals surface area contributed by atoms with Crippen molar-refractivity contribution in [1.29, 1.82) is 0 Å². The number of rotatable bonds is 5. The topological polar surface area (TPSA) is 23.5 Å². The molecule has 2 unspecified atom stereocenters. The van der Waals surface area contributed by atoms with Gasteiger partial charge in [0.25, 0.3) is 0 Å². The molecule has 2 rings (SSSR count). The van der Waals surface area contributed by atoms with Crippen LogP contribution in [-0.2, 0) is 0 Å². The van der Waals surface area contributed by atoms with Gasteiger partial charge in [0, 0.05) is 19.0 Å². The zero-order valence-corrected chi connectivity index (χ0v) is 11.5. The standard InChI is InChI=1S/C15H29NO/c1-2-3-4-7-11-16-12-10-15(17)9-6-5-8-14(15)13-16/h14,17H,2-13H2,1H3. The van der Waals surface area contributed by atoms with Crippen molar-refractivity contribution in [2.45, 2.75) is 70.3 Å². The van der Waals surface area contributed by atoms with Gasteiger partial charge < -0.3 is 10.0 Å². The lowest BCUT2D eigenvalue weighted by Crippen LogP contribution is -2.53. The number of fused-ring (bicyclic) bond motifs is 1. The monoisotopic (exact) mass is 239 g/mol. The first-order chi connectivity index (χ1) is 8.24. The van der Waals surface area contributed by atoms with Crippen molar-refractivity contribution in [1.82, 2.24) is 4.90 Å². The van der Waals surface area contributed by atoms with Gasteiger partial charge in [0.2, 0.25) is 0 Å². The number of unbranched alkanes of at least 4 members (excludes halogenated alkanes) is 3. The van der Waals surface area contributed by atoms with Crippen molar-refractivity contribution in [2.24, 2.45) is 5.92 Å². The highest BCUT2D eigenvalue weighted by Gasteiger charge is 2.42. The molecule has 100 valence electrons. The van der Waals surface area contributed by atoms with E-state index in [0.29, 0.717) is 5.92 Å². The van der Waals surface area contributed by atoms with Gasteiger partial charge in [-0.3, -0.25) is 0 Å². The smallest absolute Gasteiger partial charge is 0.0700 e. The molecule has 2 atom stereocenters. The molecule has 2 aliphatic rings. The molecule has 1 N–H and O–H groups in total. The Morgan fingerprint density at radius 3 is 2.88 bits per heavy atom. The molecule has 1 aliphatic heterocycles. The fourth-order valence-electron chi connectivity index (χ4n) is 3.60. The van der Waals surface area contributed by atoms with Crippen LogP contribution >= 0.6 is 0 Å². The Balaban J connectivity index is 1.73. The third-order valence-corrected chi connectivity index (χ3v) is 4.84. The molecule has 0 spiro atoms.